The Morgan fingerprint density at radius 3 is 2.52 bits per heavy atom. The molecule has 0 amide bonds. The lowest BCUT2D eigenvalue weighted by Crippen LogP contribution is -2.49. The Bertz CT molecular complexity index is 658. The Balaban J connectivity index is 0.000000370. The standard InChI is InChI=1S/C18H26FNO2.C2HF3O2/c1-21-13-16-14-22-10-7-18(16)5-8-20(9-6-18)12-15-3-2-4-17(19)11-15;3-2(4,5)1(6)7/h2-4,11,16H,5-10,12-14H2,1H3;(H,6,7). The highest BCUT2D eigenvalue weighted by molar-refractivity contribution is 5.73. The van der Waals surface area contributed by atoms with Gasteiger partial charge in [-0.2, -0.15) is 13.2 Å². The van der Waals surface area contributed by atoms with E-state index in [0.29, 0.717) is 11.3 Å². The van der Waals surface area contributed by atoms with E-state index in [-0.39, 0.29) is 5.82 Å². The van der Waals surface area contributed by atoms with Crippen molar-refractivity contribution in [3.63, 3.8) is 0 Å². The van der Waals surface area contributed by atoms with E-state index in [1.54, 1.807) is 19.2 Å². The van der Waals surface area contributed by atoms with Gasteiger partial charge in [0, 0.05) is 26.2 Å². The van der Waals surface area contributed by atoms with Gasteiger partial charge in [0.25, 0.3) is 0 Å². The molecule has 2 aliphatic heterocycles. The maximum atomic E-state index is 13.3. The zero-order chi connectivity index (χ0) is 21.5. The zero-order valence-electron chi connectivity index (χ0n) is 16.4. The average molecular weight is 421 g/mol. The molecule has 0 bridgehead atoms. The number of hydrogen-bond donors (Lipinski definition) is 1. The van der Waals surface area contributed by atoms with E-state index in [4.69, 9.17) is 19.4 Å². The van der Waals surface area contributed by atoms with Crippen molar-refractivity contribution < 1.29 is 36.9 Å². The van der Waals surface area contributed by atoms with Crippen molar-refractivity contribution in [2.24, 2.45) is 11.3 Å². The first-order valence-electron chi connectivity index (χ1n) is 9.50. The number of likely N-dealkylation sites (tertiary alicyclic amines) is 1. The predicted octanol–water partition coefficient (Wildman–Crippen LogP) is 3.72. The minimum absolute atomic E-state index is 0.143. The molecule has 29 heavy (non-hydrogen) atoms. The minimum atomic E-state index is -5.08. The van der Waals surface area contributed by atoms with Gasteiger partial charge in [-0.3, -0.25) is 4.90 Å². The lowest BCUT2D eigenvalue weighted by atomic mass is 9.66. The van der Waals surface area contributed by atoms with Crippen molar-refractivity contribution in [2.75, 3.05) is 40.0 Å². The summed E-state index contributed by atoms with van der Waals surface area (Å²) in [5.74, 6) is -2.38. The van der Waals surface area contributed by atoms with Crippen LogP contribution in [-0.2, 0) is 20.8 Å². The topological polar surface area (TPSA) is 59.0 Å². The number of carboxylic acids is 1. The molecule has 0 aliphatic carbocycles. The fraction of sp³-hybridized carbons (Fsp3) is 0.650. The number of rotatable bonds is 4. The Labute approximate surface area is 167 Å². The molecule has 0 saturated carbocycles. The number of carboxylic acid groups (broad SMARTS) is 1. The Hall–Kier alpha value is -1.71. The van der Waals surface area contributed by atoms with Crippen LogP contribution in [0, 0.1) is 17.2 Å². The monoisotopic (exact) mass is 421 g/mol. The van der Waals surface area contributed by atoms with Crippen LogP contribution in [0.3, 0.4) is 0 Å². The zero-order valence-corrected chi connectivity index (χ0v) is 16.4. The fourth-order valence-electron chi connectivity index (χ4n) is 4.02. The summed E-state index contributed by atoms with van der Waals surface area (Å²) >= 11 is 0. The molecule has 2 fully saturated rings. The second-order valence-corrected chi connectivity index (χ2v) is 7.55. The van der Waals surface area contributed by atoms with Gasteiger partial charge in [0.2, 0.25) is 0 Å². The van der Waals surface area contributed by atoms with Gasteiger partial charge in [0.05, 0.1) is 13.2 Å². The number of ether oxygens (including phenoxy) is 2. The molecule has 1 atom stereocenters. The number of piperidine rings is 1. The molecule has 5 nitrogen and oxygen atoms in total. The van der Waals surface area contributed by atoms with Crippen molar-refractivity contribution in [3.8, 4) is 0 Å². The summed E-state index contributed by atoms with van der Waals surface area (Å²) in [7, 11) is 1.78. The van der Waals surface area contributed by atoms with Gasteiger partial charge >= 0.3 is 12.1 Å². The number of carbonyl (C=O) groups is 1. The van der Waals surface area contributed by atoms with E-state index >= 15 is 0 Å². The molecule has 3 rings (SSSR count). The fourth-order valence-corrected chi connectivity index (χ4v) is 4.02. The van der Waals surface area contributed by atoms with Crippen LogP contribution >= 0.6 is 0 Å². The molecule has 1 aromatic rings. The molecule has 2 saturated heterocycles. The van der Waals surface area contributed by atoms with Crippen LogP contribution in [0.2, 0.25) is 0 Å². The molecule has 2 heterocycles. The average Bonchev–Trinajstić information content (AvgIpc) is 2.66. The third kappa shape index (κ3) is 6.94. The molecule has 1 N–H and O–H groups in total. The second kappa shape index (κ2) is 10.4. The van der Waals surface area contributed by atoms with Crippen molar-refractivity contribution >= 4 is 5.97 Å². The van der Waals surface area contributed by atoms with E-state index in [0.717, 1.165) is 51.4 Å². The molecule has 0 aromatic heterocycles. The van der Waals surface area contributed by atoms with E-state index in [1.807, 2.05) is 6.07 Å². The molecule has 164 valence electrons. The lowest BCUT2D eigenvalue weighted by Gasteiger charge is -2.49. The SMILES string of the molecule is COCC1COCCC12CCN(Cc1cccc(F)c1)CC2.O=C(O)C(F)(F)F. The largest absolute Gasteiger partial charge is 0.490 e. The molecule has 2 aliphatic rings. The number of methoxy groups -OCH3 is 1. The van der Waals surface area contributed by atoms with Gasteiger partial charge in [0.1, 0.15) is 5.82 Å². The number of nitrogens with zero attached hydrogens (tertiary/aromatic N) is 1. The Morgan fingerprint density at radius 1 is 1.31 bits per heavy atom. The van der Waals surface area contributed by atoms with Gasteiger partial charge in [0.15, 0.2) is 0 Å². The third-order valence-electron chi connectivity index (χ3n) is 5.69. The van der Waals surface area contributed by atoms with Crippen LogP contribution in [0.5, 0.6) is 0 Å². The first kappa shape index (κ1) is 23.6. The molecule has 1 unspecified atom stereocenters. The van der Waals surface area contributed by atoms with Crippen molar-refractivity contribution in [1.29, 1.82) is 0 Å². The third-order valence-corrected chi connectivity index (χ3v) is 5.69. The first-order chi connectivity index (χ1) is 13.7. The van der Waals surface area contributed by atoms with Crippen LogP contribution in [-0.4, -0.2) is 62.2 Å². The Morgan fingerprint density at radius 2 is 1.97 bits per heavy atom. The number of aliphatic carboxylic acids is 1. The summed E-state index contributed by atoms with van der Waals surface area (Å²) in [6.45, 7) is 5.51. The second-order valence-electron chi connectivity index (χ2n) is 7.55. The maximum absolute atomic E-state index is 13.3. The van der Waals surface area contributed by atoms with Crippen molar-refractivity contribution in [1.82, 2.24) is 4.90 Å². The van der Waals surface area contributed by atoms with E-state index in [1.165, 1.54) is 18.9 Å². The van der Waals surface area contributed by atoms with Crippen LogP contribution in [0.25, 0.3) is 0 Å². The minimum Gasteiger partial charge on any atom is -0.475 e. The highest BCUT2D eigenvalue weighted by Crippen LogP contribution is 2.44. The number of alkyl halides is 3. The van der Waals surface area contributed by atoms with Crippen molar-refractivity contribution in [3.05, 3.63) is 35.6 Å². The molecule has 1 aromatic carbocycles. The van der Waals surface area contributed by atoms with Crippen LogP contribution in [0.15, 0.2) is 24.3 Å². The summed E-state index contributed by atoms with van der Waals surface area (Å²) in [4.78, 5) is 11.3. The van der Waals surface area contributed by atoms with E-state index in [2.05, 4.69) is 4.90 Å². The number of hydrogen-bond acceptors (Lipinski definition) is 4. The predicted molar refractivity (Wildman–Crippen MR) is 97.8 cm³/mol. The normalized spacial score (nSPS) is 22.0. The maximum Gasteiger partial charge on any atom is 0.490 e. The quantitative estimate of drug-likeness (QED) is 0.751. The number of halogens is 4. The molecule has 9 heteroatoms. The highest BCUT2D eigenvalue weighted by atomic mass is 19.4. The van der Waals surface area contributed by atoms with Gasteiger partial charge in [-0.25, -0.2) is 9.18 Å². The summed E-state index contributed by atoms with van der Waals surface area (Å²) in [6.07, 6.45) is -1.55. The summed E-state index contributed by atoms with van der Waals surface area (Å²) in [5.41, 5.74) is 1.45. The van der Waals surface area contributed by atoms with Crippen LogP contribution in [0.1, 0.15) is 24.8 Å². The van der Waals surface area contributed by atoms with Gasteiger partial charge in [-0.1, -0.05) is 12.1 Å². The molecular formula is C20H27F4NO4. The van der Waals surface area contributed by atoms with Crippen molar-refractivity contribution in [2.45, 2.75) is 32.0 Å². The molecule has 1 spiro atoms. The summed E-state index contributed by atoms with van der Waals surface area (Å²) < 4.78 is 56.1. The molecule has 0 radical (unpaired) electrons. The van der Waals surface area contributed by atoms with Crippen LogP contribution in [0.4, 0.5) is 17.6 Å². The van der Waals surface area contributed by atoms with E-state index in [9.17, 15) is 17.6 Å². The molecular weight excluding hydrogens is 394 g/mol. The first-order valence-corrected chi connectivity index (χ1v) is 9.50. The van der Waals surface area contributed by atoms with Crippen LogP contribution < -0.4 is 0 Å². The van der Waals surface area contributed by atoms with Gasteiger partial charge in [-0.15, -0.1) is 0 Å². The van der Waals surface area contributed by atoms with E-state index < -0.39 is 12.1 Å². The number of benzene rings is 1. The highest BCUT2D eigenvalue weighted by Gasteiger charge is 2.43. The smallest absolute Gasteiger partial charge is 0.475 e. The lowest BCUT2D eigenvalue weighted by molar-refractivity contribution is -0.192. The summed E-state index contributed by atoms with van der Waals surface area (Å²) in [5, 5.41) is 7.12. The Kier molecular flexibility index (Phi) is 8.42. The summed E-state index contributed by atoms with van der Waals surface area (Å²) in [6, 6.07) is 6.96. The van der Waals surface area contributed by atoms with Gasteiger partial charge < -0.3 is 14.6 Å². The van der Waals surface area contributed by atoms with Gasteiger partial charge in [-0.05, 0) is 55.5 Å².